The van der Waals surface area contributed by atoms with Gasteiger partial charge in [-0.1, -0.05) is 12.2 Å². The van der Waals surface area contributed by atoms with E-state index >= 15 is 0 Å². The Kier molecular flexibility index (Phi) is 5.46. The quantitative estimate of drug-likeness (QED) is 0.722. The minimum absolute atomic E-state index is 0.253. The van der Waals surface area contributed by atoms with Crippen LogP contribution in [-0.2, 0) is 0 Å². The molecule has 0 aliphatic heterocycles. The summed E-state index contributed by atoms with van der Waals surface area (Å²) in [5.74, 6) is 0.821. The first-order valence-corrected chi connectivity index (χ1v) is 8.19. The lowest BCUT2D eigenvalue weighted by molar-refractivity contribution is 0.102. The van der Waals surface area contributed by atoms with Gasteiger partial charge in [-0.15, -0.1) is 5.10 Å². The molecule has 1 N–H and O–H groups in total. The van der Waals surface area contributed by atoms with Crippen molar-refractivity contribution in [3.8, 4) is 17.2 Å². The molecular formula is C19H19N5O3. The minimum atomic E-state index is -0.253. The second-order valence-corrected chi connectivity index (χ2v) is 5.56. The number of hydrogen-bond donors (Lipinski definition) is 1. The number of rotatable bonds is 6. The molecule has 8 heteroatoms. The summed E-state index contributed by atoms with van der Waals surface area (Å²) in [5.41, 5.74) is 2.67. The number of anilines is 1. The fourth-order valence-corrected chi connectivity index (χ4v) is 2.61. The van der Waals surface area contributed by atoms with E-state index in [1.807, 2.05) is 31.2 Å². The van der Waals surface area contributed by atoms with Crippen LogP contribution in [0.25, 0.3) is 11.8 Å². The fourth-order valence-electron chi connectivity index (χ4n) is 2.61. The molecule has 0 saturated carbocycles. The van der Waals surface area contributed by atoms with Crippen molar-refractivity contribution >= 4 is 17.7 Å². The average molecular weight is 365 g/mol. The first-order valence-electron chi connectivity index (χ1n) is 8.19. The summed E-state index contributed by atoms with van der Waals surface area (Å²) >= 11 is 0. The number of aromatic nitrogens is 4. The lowest BCUT2D eigenvalue weighted by atomic mass is 10.1. The molecule has 8 nitrogen and oxygen atoms in total. The molecule has 0 spiro atoms. The number of hydrogen-bond acceptors (Lipinski definition) is 6. The van der Waals surface area contributed by atoms with Gasteiger partial charge in [0.05, 0.1) is 19.9 Å². The number of carbonyl (C=O) groups is 1. The van der Waals surface area contributed by atoms with Crippen LogP contribution in [0.5, 0.6) is 11.5 Å². The standard InChI is InChI=1S/C19H19N5O3/c1-4-5-13-10-14(11-17(26-2)18(13)27-3)19(25)21-15-6-8-16(9-7-15)24-12-20-22-23-24/h4-12H,1-3H3,(H,21,25). The van der Waals surface area contributed by atoms with Crippen molar-refractivity contribution < 1.29 is 14.3 Å². The predicted molar refractivity (Wildman–Crippen MR) is 101 cm³/mol. The molecule has 3 aromatic rings. The smallest absolute Gasteiger partial charge is 0.255 e. The SMILES string of the molecule is CC=Cc1cc(C(=O)Nc2ccc(-n3cnnn3)cc2)cc(OC)c1OC. The monoisotopic (exact) mass is 365 g/mol. The molecule has 27 heavy (non-hydrogen) atoms. The zero-order chi connectivity index (χ0) is 19.2. The van der Waals surface area contributed by atoms with Crippen LogP contribution in [0.15, 0.2) is 48.8 Å². The molecule has 0 bridgehead atoms. The maximum absolute atomic E-state index is 12.7. The van der Waals surface area contributed by atoms with Gasteiger partial charge in [0.15, 0.2) is 11.5 Å². The highest BCUT2D eigenvalue weighted by Gasteiger charge is 2.15. The van der Waals surface area contributed by atoms with Crippen LogP contribution in [0.4, 0.5) is 5.69 Å². The van der Waals surface area contributed by atoms with Crippen LogP contribution in [0.1, 0.15) is 22.8 Å². The molecule has 0 radical (unpaired) electrons. The predicted octanol–water partition coefficient (Wildman–Crippen LogP) is 2.96. The van der Waals surface area contributed by atoms with E-state index < -0.39 is 0 Å². The van der Waals surface area contributed by atoms with Gasteiger partial charge < -0.3 is 14.8 Å². The first-order chi connectivity index (χ1) is 13.2. The number of carbonyl (C=O) groups excluding carboxylic acids is 1. The van der Waals surface area contributed by atoms with E-state index in [2.05, 4.69) is 20.8 Å². The Hall–Kier alpha value is -3.68. The number of tetrazole rings is 1. The van der Waals surface area contributed by atoms with Gasteiger partial charge >= 0.3 is 0 Å². The summed E-state index contributed by atoms with van der Waals surface area (Å²) in [6, 6.07) is 10.6. The van der Waals surface area contributed by atoms with E-state index in [0.717, 1.165) is 11.3 Å². The van der Waals surface area contributed by atoms with Gasteiger partial charge in [0, 0.05) is 16.8 Å². The number of nitrogens with zero attached hydrogens (tertiary/aromatic N) is 4. The third-order valence-corrected chi connectivity index (χ3v) is 3.85. The molecule has 0 atom stereocenters. The Balaban J connectivity index is 1.84. The van der Waals surface area contributed by atoms with E-state index in [4.69, 9.17) is 9.47 Å². The van der Waals surface area contributed by atoms with Crippen LogP contribution in [-0.4, -0.2) is 40.3 Å². The number of benzene rings is 2. The number of allylic oxidation sites excluding steroid dienone is 1. The van der Waals surface area contributed by atoms with E-state index in [1.54, 1.807) is 31.4 Å². The Bertz CT molecular complexity index is 950. The van der Waals surface area contributed by atoms with Gasteiger partial charge in [0.2, 0.25) is 0 Å². The molecule has 0 saturated heterocycles. The molecule has 0 aliphatic carbocycles. The van der Waals surface area contributed by atoms with E-state index in [-0.39, 0.29) is 5.91 Å². The van der Waals surface area contributed by atoms with Crippen molar-refractivity contribution in [2.24, 2.45) is 0 Å². The van der Waals surface area contributed by atoms with Crippen molar-refractivity contribution in [2.75, 3.05) is 19.5 Å². The highest BCUT2D eigenvalue weighted by atomic mass is 16.5. The van der Waals surface area contributed by atoms with Crippen molar-refractivity contribution in [2.45, 2.75) is 6.92 Å². The van der Waals surface area contributed by atoms with Crippen molar-refractivity contribution in [3.63, 3.8) is 0 Å². The maximum Gasteiger partial charge on any atom is 0.255 e. The number of methoxy groups -OCH3 is 2. The van der Waals surface area contributed by atoms with Crippen molar-refractivity contribution in [1.29, 1.82) is 0 Å². The number of amides is 1. The highest BCUT2D eigenvalue weighted by molar-refractivity contribution is 6.05. The fraction of sp³-hybridized carbons (Fsp3) is 0.158. The lowest BCUT2D eigenvalue weighted by Crippen LogP contribution is -2.12. The van der Waals surface area contributed by atoms with E-state index in [0.29, 0.717) is 22.7 Å². The summed E-state index contributed by atoms with van der Waals surface area (Å²) in [7, 11) is 3.10. The van der Waals surface area contributed by atoms with Crippen LogP contribution in [0.2, 0.25) is 0 Å². The zero-order valence-corrected chi connectivity index (χ0v) is 15.2. The zero-order valence-electron chi connectivity index (χ0n) is 15.2. The molecule has 0 fully saturated rings. The molecule has 0 unspecified atom stereocenters. The number of nitrogens with one attached hydrogen (secondary N) is 1. The summed E-state index contributed by atoms with van der Waals surface area (Å²) in [6.07, 6.45) is 5.23. The summed E-state index contributed by atoms with van der Waals surface area (Å²) in [6.45, 7) is 1.89. The number of ether oxygens (including phenoxy) is 2. The third kappa shape index (κ3) is 3.95. The third-order valence-electron chi connectivity index (χ3n) is 3.85. The van der Waals surface area contributed by atoms with Gasteiger partial charge in [-0.05, 0) is 53.7 Å². The van der Waals surface area contributed by atoms with Gasteiger partial charge in [-0.3, -0.25) is 4.79 Å². The Labute approximate surface area is 156 Å². The van der Waals surface area contributed by atoms with Gasteiger partial charge in [-0.25, -0.2) is 4.68 Å². The first kappa shape index (κ1) is 18.1. The Morgan fingerprint density at radius 3 is 2.52 bits per heavy atom. The second kappa shape index (κ2) is 8.13. The Morgan fingerprint density at radius 1 is 1.15 bits per heavy atom. The highest BCUT2D eigenvalue weighted by Crippen LogP contribution is 2.33. The minimum Gasteiger partial charge on any atom is -0.493 e. The van der Waals surface area contributed by atoms with Crippen molar-refractivity contribution in [1.82, 2.24) is 20.2 Å². The van der Waals surface area contributed by atoms with Crippen LogP contribution < -0.4 is 14.8 Å². The normalized spacial score (nSPS) is 10.8. The average Bonchev–Trinajstić information content (AvgIpc) is 3.23. The van der Waals surface area contributed by atoms with Gasteiger partial charge in [-0.2, -0.15) is 0 Å². The van der Waals surface area contributed by atoms with E-state index in [9.17, 15) is 4.79 Å². The molecule has 0 aliphatic rings. The summed E-state index contributed by atoms with van der Waals surface area (Å²) in [4.78, 5) is 12.7. The topological polar surface area (TPSA) is 91.2 Å². The molecule has 1 amide bonds. The van der Waals surface area contributed by atoms with Crippen LogP contribution in [0, 0.1) is 0 Å². The molecule has 2 aromatic carbocycles. The molecule has 138 valence electrons. The van der Waals surface area contributed by atoms with Crippen LogP contribution in [0.3, 0.4) is 0 Å². The second-order valence-electron chi connectivity index (χ2n) is 5.56. The largest absolute Gasteiger partial charge is 0.493 e. The molecule has 1 heterocycles. The molecule has 1 aromatic heterocycles. The Morgan fingerprint density at radius 2 is 1.93 bits per heavy atom. The van der Waals surface area contributed by atoms with Crippen LogP contribution >= 0.6 is 0 Å². The van der Waals surface area contributed by atoms with Crippen molar-refractivity contribution in [3.05, 3.63) is 59.9 Å². The molecule has 3 rings (SSSR count). The summed E-state index contributed by atoms with van der Waals surface area (Å²) < 4.78 is 12.3. The maximum atomic E-state index is 12.7. The molecular weight excluding hydrogens is 346 g/mol. The van der Waals surface area contributed by atoms with Gasteiger partial charge in [0.1, 0.15) is 6.33 Å². The lowest BCUT2D eigenvalue weighted by Gasteiger charge is -2.13. The van der Waals surface area contributed by atoms with Gasteiger partial charge in [0.25, 0.3) is 5.91 Å². The summed E-state index contributed by atoms with van der Waals surface area (Å²) in [5, 5.41) is 13.9. The van der Waals surface area contributed by atoms with E-state index in [1.165, 1.54) is 18.1 Å².